The molecule has 256 valence electrons. The number of rotatable bonds is 5. The van der Waals surface area contributed by atoms with Crippen molar-refractivity contribution in [1.29, 1.82) is 0 Å². The number of fused-ring (bicyclic) bond motifs is 9. The zero-order valence-corrected chi connectivity index (χ0v) is 28.9. The van der Waals surface area contributed by atoms with Gasteiger partial charge < -0.3 is 29.4 Å². The van der Waals surface area contributed by atoms with Crippen molar-refractivity contribution < 1.29 is 23.1 Å². The van der Waals surface area contributed by atoms with E-state index in [2.05, 4.69) is 45.7 Å². The lowest BCUT2D eigenvalue weighted by atomic mass is 9.81. The molecule has 5 atom stereocenters. The third kappa shape index (κ3) is 5.21. The van der Waals surface area contributed by atoms with E-state index in [1.807, 2.05) is 12.1 Å². The first-order valence-corrected chi connectivity index (χ1v) is 19.1. The zero-order valence-electron chi connectivity index (χ0n) is 28.1. The highest BCUT2D eigenvalue weighted by Crippen LogP contribution is 2.66. The molecule has 2 N–H and O–H groups in total. The average Bonchev–Trinajstić information content (AvgIpc) is 3.64. The van der Waals surface area contributed by atoms with Crippen LogP contribution in [0.5, 0.6) is 5.75 Å². The number of benzene rings is 2. The van der Waals surface area contributed by atoms with Gasteiger partial charge in [0.05, 0.1) is 18.2 Å². The fourth-order valence-electron chi connectivity index (χ4n) is 9.70. The van der Waals surface area contributed by atoms with Crippen LogP contribution in [-0.4, -0.2) is 79.5 Å². The largest absolute Gasteiger partial charge is 0.772 e. The van der Waals surface area contributed by atoms with Gasteiger partial charge in [0.25, 0.3) is 0 Å². The minimum Gasteiger partial charge on any atom is -0.772 e. The molecule has 2 bridgehead atoms. The van der Waals surface area contributed by atoms with Gasteiger partial charge >= 0.3 is 0 Å². The summed E-state index contributed by atoms with van der Waals surface area (Å²) in [7, 11) is 3.91. The van der Waals surface area contributed by atoms with Crippen molar-refractivity contribution >= 4 is 33.8 Å². The number of likely N-dealkylation sites (N-methyl/N-ethyl adjacent to an activating group) is 1. The summed E-state index contributed by atoms with van der Waals surface area (Å²) in [5.74, 6) is 1.39. The van der Waals surface area contributed by atoms with Gasteiger partial charge in [0.15, 0.2) is 0 Å². The van der Waals surface area contributed by atoms with Gasteiger partial charge in [0.1, 0.15) is 5.75 Å². The number of carbonyl (C=O) groups is 2. The molecule has 9 rings (SSSR count). The molecule has 2 saturated heterocycles. The Hall–Kier alpha value is -3.21. The summed E-state index contributed by atoms with van der Waals surface area (Å²) >= 11 is -1.77. The third-order valence-electron chi connectivity index (χ3n) is 12.5. The molecule has 5 fully saturated rings. The van der Waals surface area contributed by atoms with Gasteiger partial charge in [0, 0.05) is 64.9 Å². The Morgan fingerprint density at radius 2 is 1.69 bits per heavy atom. The van der Waals surface area contributed by atoms with Crippen LogP contribution in [-0.2, 0) is 22.4 Å². The first kappa shape index (κ1) is 32.0. The predicted octanol–water partition coefficient (Wildman–Crippen LogP) is 5.67. The third-order valence-corrected chi connectivity index (χ3v) is 13.5. The highest BCUT2D eigenvalue weighted by atomic mass is 32.2. The number of likely N-dealkylation sites (tertiary alicyclic amines) is 1. The molecule has 3 aliphatic heterocycles. The number of primary amides is 1. The Labute approximate surface area is 285 Å². The average molecular weight is 672 g/mol. The van der Waals surface area contributed by atoms with Gasteiger partial charge in [-0.1, -0.05) is 42.8 Å². The Bertz CT molecular complexity index is 1780. The fraction of sp³-hybridized carbons (Fsp3) is 0.579. The number of nitrogens with two attached hydrogens (primary N) is 1. The minimum atomic E-state index is -1.77. The second-order valence-corrected chi connectivity index (χ2v) is 16.5. The van der Waals surface area contributed by atoms with E-state index in [0.717, 1.165) is 62.9 Å². The summed E-state index contributed by atoms with van der Waals surface area (Å²) in [5, 5.41) is 1.21. The van der Waals surface area contributed by atoms with Crippen LogP contribution in [0.1, 0.15) is 104 Å². The minimum absolute atomic E-state index is 0.000000000000000222. The SMILES string of the molecule is COc1ccc2c(c1)C1CC1(C(=O)N1C3CCC1CN(C)C3)Cn1c-2c(C2CCCCC2)c2ccc(C(N)=O)cc21.O=S([O-])C1CCC1. The molecule has 10 heteroatoms. The van der Waals surface area contributed by atoms with E-state index in [1.165, 1.54) is 59.9 Å². The highest BCUT2D eigenvalue weighted by molar-refractivity contribution is 7.79. The van der Waals surface area contributed by atoms with Gasteiger partial charge in [-0.2, -0.15) is 0 Å². The molecular formula is C38H47N4O5S-. The van der Waals surface area contributed by atoms with Gasteiger partial charge in [-0.05, 0) is 99.4 Å². The molecule has 3 aromatic rings. The van der Waals surface area contributed by atoms with Gasteiger partial charge in [0.2, 0.25) is 11.8 Å². The monoisotopic (exact) mass is 671 g/mol. The molecule has 3 saturated carbocycles. The molecule has 4 heterocycles. The number of methoxy groups -OCH3 is 1. The van der Waals surface area contributed by atoms with Crippen LogP contribution in [0, 0.1) is 5.41 Å². The number of amides is 2. The first-order valence-electron chi connectivity index (χ1n) is 17.9. The maximum absolute atomic E-state index is 14.8. The lowest BCUT2D eigenvalue weighted by molar-refractivity contribution is -0.143. The van der Waals surface area contributed by atoms with Crippen molar-refractivity contribution in [3.05, 3.63) is 53.1 Å². The van der Waals surface area contributed by atoms with Crippen molar-refractivity contribution in [3.8, 4) is 17.0 Å². The van der Waals surface area contributed by atoms with E-state index in [9.17, 15) is 18.4 Å². The van der Waals surface area contributed by atoms with Crippen LogP contribution in [0.2, 0.25) is 0 Å². The van der Waals surface area contributed by atoms with Crippen molar-refractivity contribution in [2.24, 2.45) is 11.1 Å². The van der Waals surface area contributed by atoms with Crippen molar-refractivity contribution in [2.75, 3.05) is 27.2 Å². The molecule has 0 spiro atoms. The van der Waals surface area contributed by atoms with Crippen LogP contribution < -0.4 is 10.5 Å². The van der Waals surface area contributed by atoms with E-state index in [0.29, 0.717) is 36.0 Å². The standard InChI is InChI=1S/C34H40N4O3.C4H8O2S/c1-36-17-22-9-10-23(18-36)38(22)33(40)34-16-28(34)27-15-24(41-2)11-13-25(27)31-30(20-6-4-3-5-7-20)26-12-8-21(32(35)39)14-29(26)37(31)19-34;5-7(6)4-2-1-3-4/h8,11-15,20,22-23,28H,3-7,9-10,16-19H2,1-2H3,(H2,35,39);4H,1-3H2,(H,5,6)/p-1. The molecule has 0 radical (unpaired) electrons. The number of hydrogen-bond acceptors (Lipinski definition) is 6. The van der Waals surface area contributed by atoms with E-state index >= 15 is 0 Å². The predicted molar refractivity (Wildman–Crippen MR) is 186 cm³/mol. The summed E-state index contributed by atoms with van der Waals surface area (Å²) in [5.41, 5.74) is 12.0. The van der Waals surface area contributed by atoms with E-state index in [-0.39, 0.29) is 11.2 Å². The summed E-state index contributed by atoms with van der Waals surface area (Å²) in [6.45, 7) is 2.55. The maximum Gasteiger partial charge on any atom is 0.248 e. The molecule has 1 aromatic heterocycles. The molecule has 6 aliphatic rings. The Morgan fingerprint density at radius 3 is 2.29 bits per heavy atom. The topological polar surface area (TPSA) is 121 Å². The summed E-state index contributed by atoms with van der Waals surface area (Å²) < 4.78 is 28.1. The van der Waals surface area contributed by atoms with E-state index in [1.54, 1.807) is 7.11 Å². The lowest BCUT2D eigenvalue weighted by Crippen LogP contribution is -2.57. The number of hydrogen-bond donors (Lipinski definition) is 1. The number of nitrogens with zero attached hydrogens (tertiary/aromatic N) is 3. The van der Waals surface area contributed by atoms with Crippen molar-refractivity contribution in [2.45, 2.75) is 106 Å². The Balaban J connectivity index is 0.000000429. The second kappa shape index (κ2) is 12.3. The number of ether oxygens (including phenoxy) is 1. The number of carbonyl (C=O) groups excluding carboxylic acids is 2. The molecule has 2 aromatic carbocycles. The molecule has 9 nitrogen and oxygen atoms in total. The molecule has 2 amide bonds. The molecule has 3 aliphatic carbocycles. The quantitative estimate of drug-likeness (QED) is 0.349. The summed E-state index contributed by atoms with van der Waals surface area (Å²) in [4.78, 5) is 31.8. The normalized spacial score (nSPS) is 28.6. The summed E-state index contributed by atoms with van der Waals surface area (Å²) in [6.07, 6.45) is 12.0. The van der Waals surface area contributed by atoms with Crippen molar-refractivity contribution in [3.63, 3.8) is 0 Å². The summed E-state index contributed by atoms with van der Waals surface area (Å²) in [6, 6.07) is 13.1. The van der Waals surface area contributed by atoms with Crippen LogP contribution in [0.4, 0.5) is 0 Å². The molecule has 48 heavy (non-hydrogen) atoms. The maximum atomic E-state index is 14.8. The fourth-order valence-corrected chi connectivity index (χ4v) is 10.4. The van der Waals surface area contributed by atoms with Crippen LogP contribution in [0.15, 0.2) is 36.4 Å². The van der Waals surface area contributed by atoms with Gasteiger partial charge in [-0.15, -0.1) is 0 Å². The van der Waals surface area contributed by atoms with E-state index in [4.69, 9.17) is 10.5 Å². The molecule has 5 unspecified atom stereocenters. The number of piperazine rings is 1. The van der Waals surface area contributed by atoms with E-state index < -0.39 is 22.4 Å². The number of aromatic nitrogens is 1. The Kier molecular flexibility index (Phi) is 8.19. The zero-order chi connectivity index (χ0) is 33.3. The Morgan fingerprint density at radius 1 is 0.958 bits per heavy atom. The molecular weight excluding hydrogens is 625 g/mol. The van der Waals surface area contributed by atoms with Crippen LogP contribution in [0.25, 0.3) is 22.2 Å². The van der Waals surface area contributed by atoms with Crippen LogP contribution in [0.3, 0.4) is 0 Å². The second-order valence-electron chi connectivity index (χ2n) is 15.3. The smallest absolute Gasteiger partial charge is 0.248 e. The first-order chi connectivity index (χ1) is 23.2. The van der Waals surface area contributed by atoms with Gasteiger partial charge in [-0.3, -0.25) is 13.8 Å². The van der Waals surface area contributed by atoms with Crippen LogP contribution >= 0.6 is 0 Å². The van der Waals surface area contributed by atoms with Crippen molar-refractivity contribution in [1.82, 2.24) is 14.4 Å². The highest BCUT2D eigenvalue weighted by Gasteiger charge is 2.65. The van der Waals surface area contributed by atoms with Gasteiger partial charge in [-0.25, -0.2) is 0 Å². The lowest BCUT2D eigenvalue weighted by Gasteiger charge is -2.41.